The summed E-state index contributed by atoms with van der Waals surface area (Å²) in [5.41, 5.74) is 0.861. The van der Waals surface area contributed by atoms with E-state index in [1.807, 2.05) is 35.7 Å². The van der Waals surface area contributed by atoms with Crippen LogP contribution in [0.25, 0.3) is 0 Å². The maximum absolute atomic E-state index is 13.5. The predicted octanol–water partition coefficient (Wildman–Crippen LogP) is 4.65. The van der Waals surface area contributed by atoms with Crippen LogP contribution >= 0.6 is 27.3 Å². The van der Waals surface area contributed by atoms with Gasteiger partial charge in [-0.2, -0.15) is 4.31 Å². The Morgan fingerprint density at radius 2 is 1.85 bits per heavy atom. The minimum atomic E-state index is -3.89. The Kier molecular flexibility index (Phi) is 7.72. The van der Waals surface area contributed by atoms with E-state index in [0.717, 1.165) is 19.2 Å². The number of sulfonamides is 1. The first-order valence-electron chi connectivity index (χ1n) is 10.4. The lowest BCUT2D eigenvalue weighted by atomic mass is 10.2. The summed E-state index contributed by atoms with van der Waals surface area (Å²) >= 11 is 4.86. The molecule has 0 aliphatic carbocycles. The zero-order valence-electron chi connectivity index (χ0n) is 18.2. The molecular formula is C24H23BrN2O5S2. The molecule has 0 radical (unpaired) electrons. The largest absolute Gasteiger partial charge is 0.454 e. The SMILES string of the molecule is C=CCN(CC(=O)N(Cc1ccc2c(c1)OCO2)Cc1cccs1)S(=O)(=O)c1ccc(Br)cc1. The molecule has 1 aromatic heterocycles. The summed E-state index contributed by atoms with van der Waals surface area (Å²) in [7, 11) is -3.89. The molecule has 2 aromatic carbocycles. The summed E-state index contributed by atoms with van der Waals surface area (Å²) in [6.45, 7) is 4.22. The highest BCUT2D eigenvalue weighted by Crippen LogP contribution is 2.33. The molecule has 0 bridgehead atoms. The van der Waals surface area contributed by atoms with Gasteiger partial charge >= 0.3 is 0 Å². The minimum absolute atomic E-state index is 0.0149. The number of hydrogen-bond donors (Lipinski definition) is 0. The van der Waals surface area contributed by atoms with Gasteiger partial charge in [0.05, 0.1) is 18.0 Å². The Hall–Kier alpha value is -2.66. The number of hydrogen-bond acceptors (Lipinski definition) is 6. The number of carbonyl (C=O) groups excluding carboxylic acids is 1. The Morgan fingerprint density at radius 1 is 1.09 bits per heavy atom. The van der Waals surface area contributed by atoms with E-state index in [0.29, 0.717) is 24.6 Å². The zero-order chi connectivity index (χ0) is 24.1. The van der Waals surface area contributed by atoms with Gasteiger partial charge in [-0.15, -0.1) is 17.9 Å². The summed E-state index contributed by atoms with van der Waals surface area (Å²) < 4.78 is 39.3. The molecule has 0 N–H and O–H groups in total. The number of carbonyl (C=O) groups is 1. The van der Waals surface area contributed by atoms with Crippen LogP contribution in [0.2, 0.25) is 0 Å². The van der Waals surface area contributed by atoms with Crippen molar-refractivity contribution in [3.8, 4) is 11.5 Å². The van der Waals surface area contributed by atoms with E-state index >= 15 is 0 Å². The third-order valence-corrected chi connectivity index (χ3v) is 8.40. The van der Waals surface area contributed by atoms with Crippen LogP contribution in [0.4, 0.5) is 0 Å². The standard InChI is InChI=1S/C24H23BrN2O5S2/c1-2-11-27(34(29,30)21-8-6-19(25)7-9-21)16-24(28)26(15-20-4-3-12-33-20)14-18-5-10-22-23(13-18)32-17-31-22/h2-10,12-13H,1,11,14-17H2. The minimum Gasteiger partial charge on any atom is -0.454 e. The molecule has 0 spiro atoms. The summed E-state index contributed by atoms with van der Waals surface area (Å²) in [6.07, 6.45) is 1.48. The first-order chi connectivity index (χ1) is 16.4. The number of amides is 1. The van der Waals surface area contributed by atoms with Gasteiger partial charge < -0.3 is 14.4 Å². The van der Waals surface area contributed by atoms with Crippen LogP contribution in [0.15, 0.2) is 82.0 Å². The van der Waals surface area contributed by atoms with Gasteiger partial charge in [-0.1, -0.05) is 34.1 Å². The second kappa shape index (κ2) is 10.7. The maximum Gasteiger partial charge on any atom is 0.243 e. The third kappa shape index (κ3) is 5.69. The highest BCUT2D eigenvalue weighted by Gasteiger charge is 2.28. The smallest absolute Gasteiger partial charge is 0.243 e. The van der Waals surface area contributed by atoms with Crippen LogP contribution in [-0.4, -0.2) is 43.4 Å². The van der Waals surface area contributed by atoms with Gasteiger partial charge in [0.25, 0.3) is 0 Å². The Morgan fingerprint density at radius 3 is 2.56 bits per heavy atom. The van der Waals surface area contributed by atoms with Gasteiger partial charge in [0.2, 0.25) is 22.7 Å². The van der Waals surface area contributed by atoms with Crippen molar-refractivity contribution in [3.05, 3.63) is 87.5 Å². The van der Waals surface area contributed by atoms with Gasteiger partial charge in [0, 0.05) is 22.4 Å². The summed E-state index contributed by atoms with van der Waals surface area (Å²) in [4.78, 5) is 16.2. The fourth-order valence-corrected chi connectivity index (χ4v) is 5.82. The van der Waals surface area contributed by atoms with Crippen molar-refractivity contribution in [1.29, 1.82) is 0 Å². The molecule has 3 aromatic rings. The van der Waals surface area contributed by atoms with E-state index in [4.69, 9.17) is 9.47 Å². The van der Waals surface area contributed by atoms with Crippen LogP contribution < -0.4 is 9.47 Å². The number of ether oxygens (including phenoxy) is 2. The van der Waals surface area contributed by atoms with E-state index in [1.165, 1.54) is 18.2 Å². The molecule has 0 unspecified atom stereocenters. The third-order valence-electron chi connectivity index (χ3n) is 5.19. The number of benzene rings is 2. The van der Waals surface area contributed by atoms with Gasteiger partial charge in [0.15, 0.2) is 11.5 Å². The van der Waals surface area contributed by atoms with Crippen molar-refractivity contribution >= 4 is 43.2 Å². The lowest BCUT2D eigenvalue weighted by molar-refractivity contribution is -0.132. The second-order valence-corrected chi connectivity index (χ2v) is 11.4. The Labute approximate surface area is 211 Å². The molecule has 10 heteroatoms. The highest BCUT2D eigenvalue weighted by molar-refractivity contribution is 9.10. The van der Waals surface area contributed by atoms with Crippen molar-refractivity contribution in [1.82, 2.24) is 9.21 Å². The molecule has 1 aliphatic rings. The molecule has 34 heavy (non-hydrogen) atoms. The molecule has 1 aliphatic heterocycles. The van der Waals surface area contributed by atoms with Crippen LogP contribution in [0, 0.1) is 0 Å². The fourth-order valence-electron chi connectivity index (χ4n) is 3.48. The number of nitrogens with zero attached hydrogens (tertiary/aromatic N) is 2. The summed E-state index contributed by atoms with van der Waals surface area (Å²) in [5, 5.41) is 1.95. The monoisotopic (exact) mass is 562 g/mol. The Bertz CT molecular complexity index is 1260. The molecular weight excluding hydrogens is 540 g/mol. The molecule has 0 saturated carbocycles. The van der Waals surface area contributed by atoms with Crippen LogP contribution in [0.5, 0.6) is 11.5 Å². The lowest BCUT2D eigenvalue weighted by Crippen LogP contribution is -2.42. The van der Waals surface area contributed by atoms with Crippen molar-refractivity contribution in [2.24, 2.45) is 0 Å². The van der Waals surface area contributed by atoms with Gasteiger partial charge in [-0.3, -0.25) is 4.79 Å². The molecule has 0 saturated heterocycles. The van der Waals surface area contributed by atoms with Gasteiger partial charge in [-0.25, -0.2) is 8.42 Å². The first-order valence-corrected chi connectivity index (χ1v) is 13.5. The highest BCUT2D eigenvalue weighted by atomic mass is 79.9. The van der Waals surface area contributed by atoms with Crippen LogP contribution in [0.3, 0.4) is 0 Å². The number of rotatable bonds is 10. The normalized spacial score (nSPS) is 12.6. The predicted molar refractivity (Wildman–Crippen MR) is 134 cm³/mol. The van der Waals surface area contributed by atoms with E-state index < -0.39 is 10.0 Å². The lowest BCUT2D eigenvalue weighted by Gasteiger charge is -2.27. The quantitative estimate of drug-likeness (QED) is 0.336. The Balaban J connectivity index is 1.57. The molecule has 1 amide bonds. The molecule has 7 nitrogen and oxygen atoms in total. The van der Waals surface area contributed by atoms with Gasteiger partial charge in [0.1, 0.15) is 0 Å². The van der Waals surface area contributed by atoms with Crippen molar-refractivity contribution in [2.45, 2.75) is 18.0 Å². The van der Waals surface area contributed by atoms with Crippen LogP contribution in [0.1, 0.15) is 10.4 Å². The molecule has 178 valence electrons. The topological polar surface area (TPSA) is 76.2 Å². The summed E-state index contributed by atoms with van der Waals surface area (Å²) in [5.74, 6) is 0.985. The van der Waals surface area contributed by atoms with Crippen molar-refractivity contribution < 1.29 is 22.7 Å². The van der Waals surface area contributed by atoms with E-state index in [2.05, 4.69) is 22.5 Å². The number of halogens is 1. The van der Waals surface area contributed by atoms with Crippen molar-refractivity contribution in [2.75, 3.05) is 19.9 Å². The number of fused-ring (bicyclic) bond motifs is 1. The molecule has 2 heterocycles. The average molecular weight is 563 g/mol. The summed E-state index contributed by atoms with van der Waals surface area (Å²) in [6, 6.07) is 15.7. The van der Waals surface area contributed by atoms with Gasteiger partial charge in [-0.05, 0) is 53.4 Å². The van der Waals surface area contributed by atoms with E-state index in [-0.39, 0.29) is 30.7 Å². The zero-order valence-corrected chi connectivity index (χ0v) is 21.4. The first kappa shape index (κ1) is 24.5. The maximum atomic E-state index is 13.5. The van der Waals surface area contributed by atoms with E-state index in [9.17, 15) is 13.2 Å². The molecule has 0 fully saturated rings. The van der Waals surface area contributed by atoms with Crippen molar-refractivity contribution in [3.63, 3.8) is 0 Å². The average Bonchev–Trinajstić information content (AvgIpc) is 3.50. The van der Waals surface area contributed by atoms with Crippen LogP contribution in [-0.2, 0) is 27.9 Å². The van der Waals surface area contributed by atoms with E-state index in [1.54, 1.807) is 28.4 Å². The second-order valence-electron chi connectivity index (χ2n) is 7.56. The molecule has 0 atom stereocenters. The fraction of sp³-hybridized carbons (Fsp3) is 0.208. The number of thiophene rings is 1. The molecule has 4 rings (SSSR count).